The SMILES string of the molecule is CN=C(NCc1ccc(C(=O)OC)c(OC)c1)NC1CCN(c2ncccc2F)C1. The van der Waals surface area contributed by atoms with Crippen molar-refractivity contribution in [2.24, 2.45) is 4.99 Å². The molecular weight excluding hydrogens is 389 g/mol. The van der Waals surface area contributed by atoms with Crippen LogP contribution < -0.4 is 20.3 Å². The number of ether oxygens (including phenoxy) is 2. The normalized spacial score (nSPS) is 16.3. The summed E-state index contributed by atoms with van der Waals surface area (Å²) >= 11 is 0. The van der Waals surface area contributed by atoms with Crippen molar-refractivity contribution >= 4 is 17.7 Å². The van der Waals surface area contributed by atoms with Gasteiger partial charge in [0, 0.05) is 38.9 Å². The number of guanidine groups is 1. The number of aromatic nitrogens is 1. The van der Waals surface area contributed by atoms with E-state index < -0.39 is 5.97 Å². The van der Waals surface area contributed by atoms with E-state index in [4.69, 9.17) is 9.47 Å². The highest BCUT2D eigenvalue weighted by Crippen LogP contribution is 2.22. The quantitative estimate of drug-likeness (QED) is 0.424. The molecule has 3 rings (SSSR count). The third kappa shape index (κ3) is 4.97. The molecule has 0 amide bonds. The summed E-state index contributed by atoms with van der Waals surface area (Å²) in [4.78, 5) is 22.1. The van der Waals surface area contributed by atoms with Crippen LogP contribution in [-0.2, 0) is 11.3 Å². The van der Waals surface area contributed by atoms with Crippen LogP contribution in [0.25, 0.3) is 0 Å². The Kier molecular flexibility index (Phi) is 7.05. The Morgan fingerprint density at radius 1 is 1.37 bits per heavy atom. The molecular formula is C21H26FN5O3. The Labute approximate surface area is 175 Å². The smallest absolute Gasteiger partial charge is 0.341 e. The first-order chi connectivity index (χ1) is 14.5. The molecule has 0 saturated carbocycles. The number of pyridine rings is 1. The molecule has 0 radical (unpaired) electrons. The first-order valence-electron chi connectivity index (χ1n) is 9.63. The standard InChI is InChI=1S/C21H26FN5O3/c1-23-21(25-12-14-6-7-16(20(28)30-3)18(11-14)29-2)26-15-8-10-27(13-15)19-17(22)5-4-9-24-19/h4-7,9,11,15H,8,10,12-13H2,1-3H3,(H2,23,25,26). The van der Waals surface area contributed by atoms with Crippen LogP contribution in [-0.4, -0.2) is 57.3 Å². The third-order valence-electron chi connectivity index (χ3n) is 4.92. The highest BCUT2D eigenvalue weighted by Gasteiger charge is 2.26. The van der Waals surface area contributed by atoms with E-state index in [0.717, 1.165) is 18.5 Å². The number of esters is 1. The molecule has 30 heavy (non-hydrogen) atoms. The fourth-order valence-corrected chi connectivity index (χ4v) is 3.38. The predicted octanol–water partition coefficient (Wildman–Crippen LogP) is 1.96. The van der Waals surface area contributed by atoms with Crippen LogP contribution in [0.4, 0.5) is 10.2 Å². The first kappa shape index (κ1) is 21.4. The molecule has 0 bridgehead atoms. The fourth-order valence-electron chi connectivity index (χ4n) is 3.38. The van der Waals surface area contributed by atoms with Gasteiger partial charge in [0.1, 0.15) is 11.3 Å². The van der Waals surface area contributed by atoms with Crippen LogP contribution in [0.1, 0.15) is 22.3 Å². The van der Waals surface area contributed by atoms with Crippen molar-refractivity contribution in [3.63, 3.8) is 0 Å². The van der Waals surface area contributed by atoms with E-state index >= 15 is 0 Å². The summed E-state index contributed by atoms with van der Waals surface area (Å²) in [6.45, 7) is 1.84. The molecule has 1 unspecified atom stereocenters. The fraction of sp³-hybridized carbons (Fsp3) is 0.381. The monoisotopic (exact) mass is 415 g/mol. The van der Waals surface area contributed by atoms with Gasteiger partial charge in [-0.05, 0) is 36.2 Å². The number of carbonyl (C=O) groups excluding carboxylic acids is 1. The Hall–Kier alpha value is -3.36. The number of nitrogens with one attached hydrogen (secondary N) is 2. The second-order valence-electron chi connectivity index (χ2n) is 6.84. The van der Waals surface area contributed by atoms with Gasteiger partial charge in [0.25, 0.3) is 0 Å². The highest BCUT2D eigenvalue weighted by atomic mass is 19.1. The van der Waals surface area contributed by atoms with Gasteiger partial charge in [0.2, 0.25) is 0 Å². The van der Waals surface area contributed by atoms with Crippen molar-refractivity contribution in [3.8, 4) is 5.75 Å². The second-order valence-corrected chi connectivity index (χ2v) is 6.84. The van der Waals surface area contributed by atoms with Crippen LogP contribution >= 0.6 is 0 Å². The molecule has 0 aliphatic carbocycles. The van der Waals surface area contributed by atoms with E-state index in [-0.39, 0.29) is 11.9 Å². The zero-order valence-corrected chi connectivity index (χ0v) is 17.3. The van der Waals surface area contributed by atoms with E-state index in [0.29, 0.717) is 36.2 Å². The summed E-state index contributed by atoms with van der Waals surface area (Å²) < 4.78 is 24.0. The average Bonchev–Trinajstić information content (AvgIpc) is 3.24. The summed E-state index contributed by atoms with van der Waals surface area (Å²) in [5.41, 5.74) is 1.30. The minimum Gasteiger partial charge on any atom is -0.496 e. The Morgan fingerprint density at radius 2 is 2.20 bits per heavy atom. The van der Waals surface area contributed by atoms with Crippen LogP contribution in [0, 0.1) is 5.82 Å². The number of hydrogen-bond acceptors (Lipinski definition) is 6. The number of aliphatic imine (C=N–C) groups is 1. The van der Waals surface area contributed by atoms with E-state index in [1.807, 2.05) is 11.0 Å². The zero-order chi connectivity index (χ0) is 21.5. The van der Waals surface area contributed by atoms with Crippen LogP contribution in [0.3, 0.4) is 0 Å². The molecule has 160 valence electrons. The lowest BCUT2D eigenvalue weighted by atomic mass is 10.1. The van der Waals surface area contributed by atoms with E-state index in [1.165, 1.54) is 20.3 Å². The maximum absolute atomic E-state index is 14.0. The molecule has 1 atom stereocenters. The number of carbonyl (C=O) groups is 1. The van der Waals surface area contributed by atoms with Gasteiger partial charge >= 0.3 is 5.97 Å². The Morgan fingerprint density at radius 3 is 2.90 bits per heavy atom. The van der Waals surface area contributed by atoms with Gasteiger partial charge in [-0.25, -0.2) is 14.2 Å². The van der Waals surface area contributed by atoms with E-state index in [2.05, 4.69) is 20.6 Å². The first-order valence-corrected chi connectivity index (χ1v) is 9.63. The molecule has 0 spiro atoms. The summed E-state index contributed by atoms with van der Waals surface area (Å²) in [6.07, 6.45) is 2.44. The largest absolute Gasteiger partial charge is 0.496 e. The maximum atomic E-state index is 14.0. The Bertz CT molecular complexity index is 921. The lowest BCUT2D eigenvalue weighted by Gasteiger charge is -2.20. The van der Waals surface area contributed by atoms with E-state index in [1.54, 1.807) is 31.4 Å². The number of hydrogen-bond donors (Lipinski definition) is 2. The molecule has 2 aromatic rings. The van der Waals surface area contributed by atoms with Crippen molar-refractivity contribution in [1.82, 2.24) is 15.6 Å². The van der Waals surface area contributed by atoms with Crippen molar-refractivity contribution in [2.45, 2.75) is 19.0 Å². The molecule has 2 heterocycles. The molecule has 2 N–H and O–H groups in total. The average molecular weight is 415 g/mol. The topological polar surface area (TPSA) is 88.1 Å². The summed E-state index contributed by atoms with van der Waals surface area (Å²) in [6, 6.07) is 8.42. The van der Waals surface area contributed by atoms with Gasteiger partial charge in [-0.1, -0.05) is 6.07 Å². The molecule has 1 aliphatic heterocycles. The van der Waals surface area contributed by atoms with Crippen molar-refractivity contribution in [3.05, 3.63) is 53.5 Å². The lowest BCUT2D eigenvalue weighted by Crippen LogP contribution is -2.44. The number of anilines is 1. The number of benzene rings is 1. The number of methoxy groups -OCH3 is 2. The van der Waals surface area contributed by atoms with Crippen molar-refractivity contribution < 1.29 is 18.7 Å². The minimum absolute atomic E-state index is 0.119. The lowest BCUT2D eigenvalue weighted by molar-refractivity contribution is 0.0597. The number of halogens is 1. The second kappa shape index (κ2) is 9.91. The number of rotatable bonds is 6. The highest BCUT2D eigenvalue weighted by molar-refractivity contribution is 5.92. The van der Waals surface area contributed by atoms with Crippen molar-refractivity contribution in [2.75, 3.05) is 39.3 Å². The van der Waals surface area contributed by atoms with Gasteiger partial charge in [-0.2, -0.15) is 0 Å². The van der Waals surface area contributed by atoms with Crippen LogP contribution in [0.5, 0.6) is 5.75 Å². The Balaban J connectivity index is 1.57. The van der Waals surface area contributed by atoms with Gasteiger partial charge in [-0.3, -0.25) is 4.99 Å². The number of nitrogens with zero attached hydrogens (tertiary/aromatic N) is 3. The molecule has 1 aromatic carbocycles. The van der Waals surface area contributed by atoms with E-state index in [9.17, 15) is 9.18 Å². The molecule has 1 fully saturated rings. The third-order valence-corrected chi connectivity index (χ3v) is 4.92. The van der Waals surface area contributed by atoms with Crippen LogP contribution in [0.2, 0.25) is 0 Å². The molecule has 1 aliphatic rings. The summed E-state index contributed by atoms with van der Waals surface area (Å²) in [7, 11) is 4.54. The van der Waals surface area contributed by atoms with Crippen LogP contribution in [0.15, 0.2) is 41.5 Å². The molecule has 1 saturated heterocycles. The molecule has 1 aromatic heterocycles. The van der Waals surface area contributed by atoms with Gasteiger partial charge in [-0.15, -0.1) is 0 Å². The van der Waals surface area contributed by atoms with Crippen molar-refractivity contribution in [1.29, 1.82) is 0 Å². The summed E-state index contributed by atoms with van der Waals surface area (Å²) in [5.74, 6) is 0.707. The minimum atomic E-state index is -0.445. The molecule has 9 heteroatoms. The van der Waals surface area contributed by atoms with Gasteiger partial charge in [0.15, 0.2) is 17.6 Å². The van der Waals surface area contributed by atoms with Gasteiger partial charge in [0.05, 0.1) is 14.2 Å². The zero-order valence-electron chi connectivity index (χ0n) is 17.3. The van der Waals surface area contributed by atoms with Gasteiger partial charge < -0.3 is 25.0 Å². The summed E-state index contributed by atoms with van der Waals surface area (Å²) in [5, 5.41) is 6.62. The maximum Gasteiger partial charge on any atom is 0.341 e. The molecule has 8 nitrogen and oxygen atoms in total. The predicted molar refractivity (Wildman–Crippen MR) is 112 cm³/mol.